The molecule has 1 amide bonds. The van der Waals surface area contributed by atoms with E-state index in [0.29, 0.717) is 13.2 Å². The normalized spacial score (nSPS) is 19.6. The summed E-state index contributed by atoms with van der Waals surface area (Å²) >= 11 is 0. The Hall–Kier alpha value is -1.36. The number of rotatable bonds is 4. The Morgan fingerprint density at radius 3 is 3.10 bits per heavy atom. The van der Waals surface area contributed by atoms with E-state index in [2.05, 4.69) is 10.4 Å². The highest BCUT2D eigenvalue weighted by molar-refractivity contribution is 5.78. The Labute approximate surface area is 119 Å². The number of nitrogens with one attached hydrogen (secondary N) is 1. The maximum atomic E-state index is 12.1. The van der Waals surface area contributed by atoms with E-state index < -0.39 is 0 Å². The van der Waals surface area contributed by atoms with Crippen molar-refractivity contribution < 1.29 is 9.53 Å². The molecule has 5 heteroatoms. The highest BCUT2D eigenvalue weighted by Gasteiger charge is 2.21. The van der Waals surface area contributed by atoms with Gasteiger partial charge in [0.2, 0.25) is 5.91 Å². The maximum absolute atomic E-state index is 12.1. The lowest BCUT2D eigenvalue weighted by Gasteiger charge is -2.21. The summed E-state index contributed by atoms with van der Waals surface area (Å²) in [5.74, 6) is 0.470. The largest absolute Gasteiger partial charge is 0.376 e. The van der Waals surface area contributed by atoms with Gasteiger partial charge >= 0.3 is 0 Å². The summed E-state index contributed by atoms with van der Waals surface area (Å²) < 4.78 is 7.42. The molecule has 3 rings (SSSR count). The molecule has 1 aromatic heterocycles. The minimum absolute atomic E-state index is 0.231. The molecule has 1 N–H and O–H groups in total. The Morgan fingerprint density at radius 2 is 2.25 bits per heavy atom. The van der Waals surface area contributed by atoms with E-state index in [0.717, 1.165) is 32.4 Å². The number of carbonyl (C=O) groups excluding carboxylic acids is 1. The molecule has 0 bridgehead atoms. The first-order valence-corrected chi connectivity index (χ1v) is 7.73. The van der Waals surface area contributed by atoms with Crippen molar-refractivity contribution in [2.75, 3.05) is 13.2 Å². The van der Waals surface area contributed by atoms with Crippen LogP contribution in [0.3, 0.4) is 0 Å². The highest BCUT2D eigenvalue weighted by atomic mass is 16.5. The van der Waals surface area contributed by atoms with Gasteiger partial charge in [-0.2, -0.15) is 5.10 Å². The van der Waals surface area contributed by atoms with Crippen molar-refractivity contribution in [1.82, 2.24) is 15.1 Å². The Balaban J connectivity index is 1.47. The fraction of sp³-hybridized carbons (Fsp3) is 0.733. The zero-order chi connectivity index (χ0) is 13.8. The molecule has 0 atom stereocenters. The quantitative estimate of drug-likeness (QED) is 0.910. The number of ether oxygens (including phenoxy) is 1. The molecule has 1 aliphatic heterocycles. The minimum atomic E-state index is 0.231. The third-order valence-electron chi connectivity index (χ3n) is 4.37. The van der Waals surface area contributed by atoms with Gasteiger partial charge in [-0.25, -0.2) is 0 Å². The standard InChI is InChI=1S/C15H23N3O2/c19-15(12-4-2-1-3-5-12)16-7-8-18-14-6-9-20-11-13(14)10-17-18/h10,12H,1-9,11H2,(H,16,19). The number of hydrogen-bond donors (Lipinski definition) is 1. The summed E-state index contributed by atoms with van der Waals surface area (Å²) in [4.78, 5) is 12.1. The van der Waals surface area contributed by atoms with Gasteiger partial charge in [-0.3, -0.25) is 9.48 Å². The number of aromatic nitrogens is 2. The molecular formula is C15H23N3O2. The molecule has 2 heterocycles. The highest BCUT2D eigenvalue weighted by Crippen LogP contribution is 2.23. The van der Waals surface area contributed by atoms with E-state index in [9.17, 15) is 4.79 Å². The summed E-state index contributed by atoms with van der Waals surface area (Å²) in [6.07, 6.45) is 8.60. The van der Waals surface area contributed by atoms with Gasteiger partial charge < -0.3 is 10.1 Å². The SMILES string of the molecule is O=C(NCCn1ncc2c1CCOC2)C1CCCCC1. The predicted octanol–water partition coefficient (Wildman–Crippen LogP) is 1.65. The van der Waals surface area contributed by atoms with Crippen LogP contribution < -0.4 is 5.32 Å². The van der Waals surface area contributed by atoms with Crippen molar-refractivity contribution in [3.63, 3.8) is 0 Å². The number of carbonyl (C=O) groups is 1. The summed E-state index contributed by atoms with van der Waals surface area (Å²) in [7, 11) is 0. The average molecular weight is 277 g/mol. The number of fused-ring (bicyclic) bond motifs is 1. The van der Waals surface area contributed by atoms with Gasteiger partial charge in [0, 0.05) is 30.1 Å². The van der Waals surface area contributed by atoms with Gasteiger partial charge in [0.1, 0.15) is 0 Å². The van der Waals surface area contributed by atoms with Crippen LogP contribution in [0.1, 0.15) is 43.4 Å². The summed E-state index contributed by atoms with van der Waals surface area (Å²) in [5.41, 5.74) is 2.46. The molecule has 110 valence electrons. The number of hydrogen-bond acceptors (Lipinski definition) is 3. The molecule has 0 aromatic carbocycles. The van der Waals surface area contributed by atoms with Gasteiger partial charge in [0.15, 0.2) is 0 Å². The smallest absolute Gasteiger partial charge is 0.223 e. The van der Waals surface area contributed by atoms with Crippen LogP contribution in [0.2, 0.25) is 0 Å². The molecule has 1 saturated carbocycles. The van der Waals surface area contributed by atoms with Crippen LogP contribution >= 0.6 is 0 Å². The molecule has 20 heavy (non-hydrogen) atoms. The Morgan fingerprint density at radius 1 is 1.40 bits per heavy atom. The fourth-order valence-corrected chi connectivity index (χ4v) is 3.20. The first-order chi connectivity index (χ1) is 9.84. The van der Waals surface area contributed by atoms with Crippen LogP contribution in [0, 0.1) is 5.92 Å². The van der Waals surface area contributed by atoms with Crippen molar-refractivity contribution in [2.24, 2.45) is 5.92 Å². The van der Waals surface area contributed by atoms with Crippen LogP contribution in [-0.4, -0.2) is 28.8 Å². The maximum Gasteiger partial charge on any atom is 0.223 e. The van der Waals surface area contributed by atoms with Crippen LogP contribution in [0.5, 0.6) is 0 Å². The van der Waals surface area contributed by atoms with Crippen LogP contribution in [0.15, 0.2) is 6.20 Å². The van der Waals surface area contributed by atoms with Crippen LogP contribution in [-0.2, 0) is 29.1 Å². The topological polar surface area (TPSA) is 56.2 Å². The fourth-order valence-electron chi connectivity index (χ4n) is 3.20. The molecule has 2 aliphatic rings. The van der Waals surface area contributed by atoms with Gasteiger partial charge in [0.05, 0.1) is 26.0 Å². The molecule has 0 unspecified atom stereocenters. The van der Waals surface area contributed by atoms with Crippen molar-refractivity contribution in [1.29, 1.82) is 0 Å². The molecule has 0 spiro atoms. The second-order valence-corrected chi connectivity index (χ2v) is 5.77. The van der Waals surface area contributed by atoms with Crippen LogP contribution in [0.25, 0.3) is 0 Å². The van der Waals surface area contributed by atoms with Gasteiger partial charge in [-0.15, -0.1) is 0 Å². The lowest BCUT2D eigenvalue weighted by atomic mass is 9.89. The van der Waals surface area contributed by atoms with E-state index in [1.54, 1.807) is 0 Å². The molecule has 1 aliphatic carbocycles. The first-order valence-electron chi connectivity index (χ1n) is 7.73. The number of nitrogens with zero attached hydrogens (tertiary/aromatic N) is 2. The molecule has 0 saturated heterocycles. The van der Waals surface area contributed by atoms with Crippen molar-refractivity contribution >= 4 is 5.91 Å². The van der Waals surface area contributed by atoms with Gasteiger partial charge in [-0.05, 0) is 12.8 Å². The monoisotopic (exact) mass is 277 g/mol. The summed E-state index contributed by atoms with van der Waals surface area (Å²) in [6.45, 7) is 2.87. The molecule has 0 radical (unpaired) electrons. The molecular weight excluding hydrogens is 254 g/mol. The van der Waals surface area contributed by atoms with Crippen molar-refractivity contribution in [3.05, 3.63) is 17.5 Å². The lowest BCUT2D eigenvalue weighted by molar-refractivity contribution is -0.125. The van der Waals surface area contributed by atoms with E-state index in [-0.39, 0.29) is 11.8 Å². The van der Waals surface area contributed by atoms with Gasteiger partial charge in [0.25, 0.3) is 0 Å². The average Bonchev–Trinajstić information content (AvgIpc) is 2.92. The van der Waals surface area contributed by atoms with Crippen molar-refractivity contribution in [3.8, 4) is 0 Å². The van der Waals surface area contributed by atoms with E-state index >= 15 is 0 Å². The van der Waals surface area contributed by atoms with Crippen molar-refractivity contribution in [2.45, 2.75) is 51.7 Å². The van der Waals surface area contributed by atoms with Gasteiger partial charge in [-0.1, -0.05) is 19.3 Å². The minimum Gasteiger partial charge on any atom is -0.376 e. The summed E-state index contributed by atoms with van der Waals surface area (Å²) in [6, 6.07) is 0. The van der Waals surface area contributed by atoms with E-state index in [1.807, 2.05) is 10.9 Å². The second kappa shape index (κ2) is 6.39. The Kier molecular flexibility index (Phi) is 4.35. The van der Waals surface area contributed by atoms with E-state index in [4.69, 9.17) is 4.74 Å². The van der Waals surface area contributed by atoms with Crippen LogP contribution in [0.4, 0.5) is 0 Å². The van der Waals surface area contributed by atoms with E-state index in [1.165, 1.54) is 30.5 Å². The third kappa shape index (κ3) is 3.03. The third-order valence-corrected chi connectivity index (χ3v) is 4.37. The summed E-state index contributed by atoms with van der Waals surface area (Å²) in [5, 5.41) is 7.46. The molecule has 1 aromatic rings. The zero-order valence-corrected chi connectivity index (χ0v) is 11.9. The second-order valence-electron chi connectivity index (χ2n) is 5.77. The number of amides is 1. The zero-order valence-electron chi connectivity index (χ0n) is 11.9. The predicted molar refractivity (Wildman–Crippen MR) is 75.2 cm³/mol. The first kappa shape index (κ1) is 13.6. The lowest BCUT2D eigenvalue weighted by Crippen LogP contribution is -2.34. The molecule has 5 nitrogen and oxygen atoms in total. The Bertz CT molecular complexity index is 464. The molecule has 1 fully saturated rings.